The van der Waals surface area contributed by atoms with Crippen LogP contribution in [0, 0.1) is 3.57 Å². The Bertz CT molecular complexity index is 284. The number of nitrogens with one attached hydrogen (secondary N) is 1. The Balaban J connectivity index is 2.12. The molecule has 0 aromatic carbocycles. The highest BCUT2D eigenvalue weighted by atomic mass is 127. The van der Waals surface area contributed by atoms with Crippen molar-refractivity contribution in [2.45, 2.75) is 6.43 Å². The van der Waals surface area contributed by atoms with Crippen molar-refractivity contribution in [3.8, 4) is 0 Å². The van der Waals surface area contributed by atoms with Gasteiger partial charge in [0.2, 0.25) is 5.95 Å². The van der Waals surface area contributed by atoms with Gasteiger partial charge in [-0.25, -0.2) is 18.7 Å². The van der Waals surface area contributed by atoms with Crippen molar-refractivity contribution in [1.29, 1.82) is 0 Å². The highest BCUT2D eigenvalue weighted by Gasteiger charge is 2.01. The van der Waals surface area contributed by atoms with Gasteiger partial charge in [-0.3, -0.25) is 0 Å². The second-order valence-electron chi connectivity index (χ2n) is 2.62. The zero-order valence-corrected chi connectivity index (χ0v) is 9.95. The second kappa shape index (κ2) is 6.83. The van der Waals surface area contributed by atoms with E-state index in [1.165, 1.54) is 0 Å². The lowest BCUT2D eigenvalue weighted by molar-refractivity contribution is 0.0214. The number of nitrogens with zero attached hydrogens (tertiary/aromatic N) is 2. The number of anilines is 1. The van der Waals surface area contributed by atoms with Crippen LogP contribution in [0.25, 0.3) is 0 Å². The molecule has 1 aromatic heterocycles. The Morgan fingerprint density at radius 3 is 2.67 bits per heavy atom. The molecule has 0 unspecified atom stereocenters. The van der Waals surface area contributed by atoms with Crippen molar-refractivity contribution >= 4 is 28.5 Å². The van der Waals surface area contributed by atoms with Gasteiger partial charge in [-0.1, -0.05) is 0 Å². The van der Waals surface area contributed by atoms with Crippen LogP contribution >= 0.6 is 22.6 Å². The number of rotatable bonds is 6. The zero-order chi connectivity index (χ0) is 11.1. The molecule has 0 saturated carbocycles. The Labute approximate surface area is 99.6 Å². The Kier molecular flexibility index (Phi) is 5.69. The Morgan fingerprint density at radius 1 is 1.40 bits per heavy atom. The fourth-order valence-electron chi connectivity index (χ4n) is 0.811. The minimum absolute atomic E-state index is 0.208. The molecule has 1 N–H and O–H groups in total. The topological polar surface area (TPSA) is 47.0 Å². The first-order valence-electron chi connectivity index (χ1n) is 4.26. The van der Waals surface area contributed by atoms with Gasteiger partial charge in [0, 0.05) is 22.5 Å². The number of ether oxygens (including phenoxy) is 1. The summed E-state index contributed by atoms with van der Waals surface area (Å²) in [6.45, 7) is 0.0855. The lowest BCUT2D eigenvalue weighted by Crippen LogP contribution is -2.14. The van der Waals surface area contributed by atoms with Gasteiger partial charge in [-0.05, 0) is 22.6 Å². The quantitative estimate of drug-likeness (QED) is 0.638. The lowest BCUT2D eigenvalue weighted by atomic mass is 10.6. The highest BCUT2D eigenvalue weighted by molar-refractivity contribution is 14.1. The summed E-state index contributed by atoms with van der Waals surface area (Å²) < 4.78 is 28.9. The summed E-state index contributed by atoms with van der Waals surface area (Å²) in [5, 5.41) is 2.85. The standard InChI is InChI=1S/C8H10F2IN3O/c9-7(10)5-15-2-1-12-8-13-3-6(11)4-14-8/h3-4,7H,1-2,5H2,(H,12,13,14). The van der Waals surface area contributed by atoms with E-state index >= 15 is 0 Å². The third-order valence-corrected chi connectivity index (χ3v) is 1.95. The maximum absolute atomic E-state index is 11.7. The van der Waals surface area contributed by atoms with Gasteiger partial charge in [0.25, 0.3) is 6.43 Å². The SMILES string of the molecule is FC(F)COCCNc1ncc(I)cn1. The van der Waals surface area contributed by atoms with Crippen molar-refractivity contribution in [2.75, 3.05) is 25.1 Å². The van der Waals surface area contributed by atoms with Gasteiger partial charge in [0.1, 0.15) is 6.61 Å². The summed E-state index contributed by atoms with van der Waals surface area (Å²) in [6.07, 6.45) is 0.908. The van der Waals surface area contributed by atoms with E-state index in [2.05, 4.69) is 42.6 Å². The first kappa shape index (κ1) is 12.5. The molecule has 0 bridgehead atoms. The molecule has 1 rings (SSSR count). The summed E-state index contributed by atoms with van der Waals surface area (Å²) >= 11 is 2.09. The molecule has 4 nitrogen and oxygen atoms in total. The molecular weight excluding hydrogens is 319 g/mol. The number of halogens is 3. The fourth-order valence-corrected chi connectivity index (χ4v) is 1.09. The first-order chi connectivity index (χ1) is 7.18. The largest absolute Gasteiger partial charge is 0.374 e. The Hall–Kier alpha value is -0.570. The number of aromatic nitrogens is 2. The van der Waals surface area contributed by atoms with Gasteiger partial charge in [0.05, 0.1) is 6.61 Å². The molecule has 84 valence electrons. The van der Waals surface area contributed by atoms with Crippen molar-refractivity contribution in [3.05, 3.63) is 16.0 Å². The molecule has 15 heavy (non-hydrogen) atoms. The number of hydrogen-bond acceptors (Lipinski definition) is 4. The predicted molar refractivity (Wildman–Crippen MR) is 60.1 cm³/mol. The highest BCUT2D eigenvalue weighted by Crippen LogP contribution is 2.02. The van der Waals surface area contributed by atoms with Crippen LogP contribution in [0.3, 0.4) is 0 Å². The van der Waals surface area contributed by atoms with Gasteiger partial charge in [-0.15, -0.1) is 0 Å². The van der Waals surface area contributed by atoms with Crippen LogP contribution in [-0.4, -0.2) is 36.2 Å². The van der Waals surface area contributed by atoms with E-state index in [0.717, 1.165) is 3.57 Å². The van der Waals surface area contributed by atoms with E-state index < -0.39 is 13.0 Å². The first-order valence-corrected chi connectivity index (χ1v) is 5.33. The summed E-state index contributed by atoms with van der Waals surface area (Å²) in [5.41, 5.74) is 0. The molecular formula is C8H10F2IN3O. The fraction of sp³-hybridized carbons (Fsp3) is 0.500. The minimum atomic E-state index is -2.42. The van der Waals surface area contributed by atoms with Crippen molar-refractivity contribution < 1.29 is 13.5 Å². The second-order valence-corrected chi connectivity index (χ2v) is 3.86. The average molecular weight is 329 g/mol. The Morgan fingerprint density at radius 2 is 2.07 bits per heavy atom. The minimum Gasteiger partial charge on any atom is -0.374 e. The van der Waals surface area contributed by atoms with Crippen LogP contribution in [0.4, 0.5) is 14.7 Å². The van der Waals surface area contributed by atoms with E-state index in [-0.39, 0.29) is 6.61 Å². The summed E-state index contributed by atoms with van der Waals surface area (Å²) in [4.78, 5) is 7.96. The smallest absolute Gasteiger partial charge is 0.261 e. The summed E-state index contributed by atoms with van der Waals surface area (Å²) in [5.74, 6) is 0.469. The predicted octanol–water partition coefficient (Wildman–Crippen LogP) is 1.77. The molecule has 0 saturated heterocycles. The van der Waals surface area contributed by atoms with Crippen LogP contribution in [0.2, 0.25) is 0 Å². The molecule has 0 amide bonds. The molecule has 0 aliphatic heterocycles. The molecule has 1 aromatic rings. The van der Waals surface area contributed by atoms with Crippen LogP contribution in [0.1, 0.15) is 0 Å². The van der Waals surface area contributed by atoms with E-state index in [1.807, 2.05) is 0 Å². The average Bonchev–Trinajstić information content (AvgIpc) is 2.20. The van der Waals surface area contributed by atoms with E-state index in [4.69, 9.17) is 0 Å². The lowest BCUT2D eigenvalue weighted by Gasteiger charge is -2.05. The van der Waals surface area contributed by atoms with E-state index in [0.29, 0.717) is 12.5 Å². The molecule has 0 aliphatic carbocycles. The third kappa shape index (κ3) is 5.78. The number of hydrogen-bond donors (Lipinski definition) is 1. The molecule has 1 heterocycles. The normalized spacial score (nSPS) is 10.7. The molecule has 0 atom stereocenters. The monoisotopic (exact) mass is 329 g/mol. The van der Waals surface area contributed by atoms with Gasteiger partial charge in [0.15, 0.2) is 0 Å². The maximum Gasteiger partial charge on any atom is 0.261 e. The van der Waals surface area contributed by atoms with Crippen LogP contribution < -0.4 is 5.32 Å². The van der Waals surface area contributed by atoms with Crippen LogP contribution in [-0.2, 0) is 4.74 Å². The number of alkyl halides is 2. The zero-order valence-electron chi connectivity index (χ0n) is 7.79. The van der Waals surface area contributed by atoms with Gasteiger partial charge < -0.3 is 10.1 Å². The molecule has 0 radical (unpaired) electrons. The van der Waals surface area contributed by atoms with Gasteiger partial charge in [-0.2, -0.15) is 0 Å². The van der Waals surface area contributed by atoms with Crippen molar-refractivity contribution in [3.63, 3.8) is 0 Å². The molecule has 7 heteroatoms. The third-order valence-electron chi connectivity index (χ3n) is 1.39. The van der Waals surface area contributed by atoms with Crippen molar-refractivity contribution in [2.24, 2.45) is 0 Å². The molecule has 0 fully saturated rings. The maximum atomic E-state index is 11.7. The van der Waals surface area contributed by atoms with E-state index in [9.17, 15) is 8.78 Å². The van der Waals surface area contributed by atoms with Crippen LogP contribution in [0.15, 0.2) is 12.4 Å². The molecule has 0 aliphatic rings. The van der Waals surface area contributed by atoms with Gasteiger partial charge >= 0.3 is 0 Å². The molecule has 0 spiro atoms. The summed E-state index contributed by atoms with van der Waals surface area (Å²) in [7, 11) is 0. The van der Waals surface area contributed by atoms with Crippen LogP contribution in [0.5, 0.6) is 0 Å². The van der Waals surface area contributed by atoms with E-state index in [1.54, 1.807) is 12.4 Å². The summed E-state index contributed by atoms with van der Waals surface area (Å²) in [6, 6.07) is 0. The van der Waals surface area contributed by atoms with Crippen molar-refractivity contribution in [1.82, 2.24) is 9.97 Å².